The Morgan fingerprint density at radius 3 is 2.61 bits per heavy atom. The van der Waals surface area contributed by atoms with E-state index < -0.39 is 17.4 Å². The summed E-state index contributed by atoms with van der Waals surface area (Å²) in [5.41, 5.74) is 3.09. The van der Waals surface area contributed by atoms with Gasteiger partial charge in [0.05, 0.1) is 11.1 Å². The summed E-state index contributed by atoms with van der Waals surface area (Å²) in [6, 6.07) is 11.9. The first-order valence-electron chi connectivity index (χ1n) is 9.33. The number of benzene rings is 1. The number of aliphatic carboxylic acids is 2. The van der Waals surface area contributed by atoms with Gasteiger partial charge in [0.1, 0.15) is 0 Å². The second kappa shape index (κ2) is 6.75. The monoisotopic (exact) mass is 375 g/mol. The molecule has 0 saturated heterocycles. The van der Waals surface area contributed by atoms with E-state index in [-0.39, 0.29) is 12.0 Å². The highest BCUT2D eigenvalue weighted by Crippen LogP contribution is 2.43. The molecule has 0 spiro atoms. The molecule has 28 heavy (non-hydrogen) atoms. The molecule has 4 rings (SSSR count). The molecule has 1 fully saturated rings. The topological polar surface area (TPSA) is 87.5 Å². The van der Waals surface area contributed by atoms with Crippen LogP contribution in [0, 0.1) is 5.41 Å². The van der Waals surface area contributed by atoms with E-state index in [0.717, 1.165) is 16.8 Å². The number of carboxylic acid groups (broad SMARTS) is 2. The average Bonchev–Trinajstić information content (AvgIpc) is 3.53. The summed E-state index contributed by atoms with van der Waals surface area (Å²) in [6.45, 7) is 1.55. The Morgan fingerprint density at radius 2 is 1.93 bits per heavy atom. The zero-order valence-corrected chi connectivity index (χ0v) is 15.6. The third-order valence-corrected chi connectivity index (χ3v) is 5.45. The lowest BCUT2D eigenvalue weighted by Gasteiger charge is -2.27. The van der Waals surface area contributed by atoms with Crippen LogP contribution in [0.3, 0.4) is 0 Å². The first kappa shape index (κ1) is 18.2. The fourth-order valence-corrected chi connectivity index (χ4v) is 3.73. The summed E-state index contributed by atoms with van der Waals surface area (Å²) < 4.78 is 0. The molecule has 0 amide bonds. The number of hydrogen-bond donors (Lipinski definition) is 2. The van der Waals surface area contributed by atoms with Gasteiger partial charge < -0.3 is 10.2 Å². The second-order valence-electron chi connectivity index (χ2n) is 7.77. The van der Waals surface area contributed by atoms with E-state index in [1.54, 1.807) is 31.3 Å². The molecule has 0 bridgehead atoms. The van der Waals surface area contributed by atoms with Gasteiger partial charge in [0.25, 0.3) is 0 Å². The molecule has 5 heteroatoms. The zero-order chi connectivity index (χ0) is 19.9. The Kier molecular flexibility index (Phi) is 4.38. The lowest BCUT2D eigenvalue weighted by molar-refractivity contribution is -0.145. The van der Waals surface area contributed by atoms with E-state index in [1.165, 1.54) is 18.4 Å². The fourth-order valence-electron chi connectivity index (χ4n) is 3.73. The van der Waals surface area contributed by atoms with E-state index in [4.69, 9.17) is 0 Å². The highest BCUT2D eigenvalue weighted by Gasteiger charge is 2.37. The maximum atomic E-state index is 11.8. The van der Waals surface area contributed by atoms with Gasteiger partial charge >= 0.3 is 11.9 Å². The largest absolute Gasteiger partial charge is 0.481 e. The van der Waals surface area contributed by atoms with E-state index in [0.29, 0.717) is 11.5 Å². The lowest BCUT2D eigenvalue weighted by atomic mass is 9.76. The third-order valence-electron chi connectivity index (χ3n) is 5.45. The van der Waals surface area contributed by atoms with Gasteiger partial charge in [-0.15, -0.1) is 0 Å². The van der Waals surface area contributed by atoms with E-state index in [2.05, 4.69) is 17.1 Å². The van der Waals surface area contributed by atoms with Gasteiger partial charge in [-0.1, -0.05) is 30.3 Å². The minimum absolute atomic E-state index is 0.0477. The van der Waals surface area contributed by atoms with Crippen molar-refractivity contribution in [2.45, 2.75) is 32.1 Å². The molecule has 0 radical (unpaired) electrons. The van der Waals surface area contributed by atoms with Crippen LogP contribution in [-0.2, 0) is 9.59 Å². The molecule has 1 aromatic carbocycles. The lowest BCUT2D eigenvalue weighted by Crippen LogP contribution is -2.29. The van der Waals surface area contributed by atoms with Gasteiger partial charge in [0, 0.05) is 22.9 Å². The van der Waals surface area contributed by atoms with Crippen molar-refractivity contribution in [3.05, 3.63) is 71.4 Å². The van der Waals surface area contributed by atoms with Gasteiger partial charge in [-0.05, 0) is 61.4 Å². The number of rotatable bonds is 5. The van der Waals surface area contributed by atoms with Crippen LogP contribution in [0.1, 0.15) is 43.2 Å². The van der Waals surface area contributed by atoms with Gasteiger partial charge in [-0.2, -0.15) is 0 Å². The van der Waals surface area contributed by atoms with Crippen LogP contribution in [0.2, 0.25) is 0 Å². The van der Waals surface area contributed by atoms with Crippen LogP contribution in [0.5, 0.6) is 0 Å². The predicted molar refractivity (Wildman–Crippen MR) is 106 cm³/mol. The third kappa shape index (κ3) is 3.36. The van der Waals surface area contributed by atoms with Crippen molar-refractivity contribution in [2.75, 3.05) is 0 Å². The summed E-state index contributed by atoms with van der Waals surface area (Å²) in [7, 11) is 0. The Balaban J connectivity index is 1.85. The van der Waals surface area contributed by atoms with Gasteiger partial charge in [-0.25, -0.2) is 4.79 Å². The zero-order valence-electron chi connectivity index (χ0n) is 15.6. The van der Waals surface area contributed by atoms with Crippen molar-refractivity contribution < 1.29 is 19.8 Å². The molecule has 5 nitrogen and oxygen atoms in total. The maximum Gasteiger partial charge on any atom is 0.331 e. The standard InChI is InChI=1S/C23H21NO4/c1-23(22(27)28)12-17(11-18(13-23)21(25)26)19-6-3-9-24-20(19)16-5-2-4-15(10-16)14-7-8-14/h2-6,9-12,14H,7-8,13H2,1H3,(H,25,26)(H,27,28). The van der Waals surface area contributed by atoms with Gasteiger partial charge in [0.15, 0.2) is 0 Å². The van der Waals surface area contributed by atoms with Crippen molar-refractivity contribution in [1.29, 1.82) is 0 Å². The molecular weight excluding hydrogens is 354 g/mol. The van der Waals surface area contributed by atoms with Crippen LogP contribution in [0.15, 0.2) is 60.3 Å². The van der Waals surface area contributed by atoms with Crippen molar-refractivity contribution in [3.63, 3.8) is 0 Å². The Bertz CT molecular complexity index is 1030. The van der Waals surface area contributed by atoms with Gasteiger partial charge in [0.2, 0.25) is 0 Å². The SMILES string of the molecule is CC1(C(=O)O)C=C(c2cccnc2-c2cccc(C3CC3)c2)C=C(C(=O)O)C1. The molecule has 2 aliphatic rings. The number of aromatic nitrogens is 1. The summed E-state index contributed by atoms with van der Waals surface area (Å²) in [5, 5.41) is 19.2. The summed E-state index contributed by atoms with van der Waals surface area (Å²) in [4.78, 5) is 28.0. The van der Waals surface area contributed by atoms with Crippen molar-refractivity contribution in [2.24, 2.45) is 5.41 Å². The van der Waals surface area contributed by atoms with Crippen LogP contribution in [-0.4, -0.2) is 27.1 Å². The Labute approximate surface area is 163 Å². The quantitative estimate of drug-likeness (QED) is 0.802. The smallest absolute Gasteiger partial charge is 0.331 e. The maximum absolute atomic E-state index is 11.8. The summed E-state index contributed by atoms with van der Waals surface area (Å²) >= 11 is 0. The number of carbonyl (C=O) groups is 2. The Morgan fingerprint density at radius 1 is 1.14 bits per heavy atom. The van der Waals surface area contributed by atoms with E-state index in [9.17, 15) is 19.8 Å². The first-order chi connectivity index (χ1) is 13.4. The van der Waals surface area contributed by atoms with Crippen LogP contribution < -0.4 is 0 Å². The van der Waals surface area contributed by atoms with Crippen molar-refractivity contribution in [3.8, 4) is 11.3 Å². The van der Waals surface area contributed by atoms with Crippen molar-refractivity contribution >= 4 is 17.5 Å². The number of pyridine rings is 1. The van der Waals surface area contributed by atoms with Gasteiger partial charge in [-0.3, -0.25) is 9.78 Å². The molecular formula is C23H21NO4. The average molecular weight is 375 g/mol. The predicted octanol–water partition coefficient (Wildman–Crippen LogP) is 4.52. The molecule has 1 aromatic heterocycles. The van der Waals surface area contributed by atoms with Crippen LogP contribution in [0.4, 0.5) is 0 Å². The molecule has 0 aliphatic heterocycles. The summed E-state index contributed by atoms with van der Waals surface area (Å²) in [5.74, 6) is -1.54. The molecule has 2 N–H and O–H groups in total. The first-order valence-corrected chi connectivity index (χ1v) is 9.33. The number of nitrogens with zero attached hydrogens (tertiary/aromatic N) is 1. The Hall–Kier alpha value is -3.21. The van der Waals surface area contributed by atoms with Crippen molar-refractivity contribution in [1.82, 2.24) is 4.98 Å². The number of carboxylic acids is 2. The molecule has 2 aromatic rings. The highest BCUT2D eigenvalue weighted by molar-refractivity contribution is 5.97. The summed E-state index contributed by atoms with van der Waals surface area (Å²) in [6.07, 6.45) is 7.26. The highest BCUT2D eigenvalue weighted by atomic mass is 16.4. The number of hydrogen-bond acceptors (Lipinski definition) is 3. The van der Waals surface area contributed by atoms with E-state index in [1.807, 2.05) is 18.2 Å². The fraction of sp³-hybridized carbons (Fsp3) is 0.261. The number of allylic oxidation sites excluding steroid dienone is 2. The minimum atomic E-state index is -1.28. The van der Waals surface area contributed by atoms with Crippen LogP contribution in [0.25, 0.3) is 16.8 Å². The molecule has 142 valence electrons. The minimum Gasteiger partial charge on any atom is -0.481 e. The molecule has 1 saturated carbocycles. The van der Waals surface area contributed by atoms with Crippen LogP contribution >= 0.6 is 0 Å². The molecule has 1 unspecified atom stereocenters. The molecule has 2 aliphatic carbocycles. The normalized spacial score (nSPS) is 21.6. The molecule has 1 atom stereocenters. The molecule has 1 heterocycles. The van der Waals surface area contributed by atoms with E-state index >= 15 is 0 Å². The second-order valence-corrected chi connectivity index (χ2v) is 7.77.